The summed E-state index contributed by atoms with van der Waals surface area (Å²) in [5.74, 6) is -1.08. The first kappa shape index (κ1) is 54.8. The topological polar surface area (TPSA) is 78.9 Å². The van der Waals surface area contributed by atoms with Gasteiger partial charge in [-0.1, -0.05) is 181 Å². The maximum atomic E-state index is 12.7. The number of carbonyl (C=O) groups is 3. The maximum Gasteiger partial charge on any atom is 0.306 e. The van der Waals surface area contributed by atoms with Crippen molar-refractivity contribution >= 4 is 17.9 Å². The van der Waals surface area contributed by atoms with Crippen LogP contribution in [0.2, 0.25) is 0 Å². The third-order valence-electron chi connectivity index (χ3n) is 9.01. The van der Waals surface area contributed by atoms with Crippen molar-refractivity contribution in [3.05, 3.63) is 122 Å². The van der Waals surface area contributed by atoms with E-state index in [0.29, 0.717) is 12.8 Å². The molecule has 330 valence electrons. The molecule has 0 aliphatic rings. The number of hydrogen-bond acceptors (Lipinski definition) is 6. The number of ether oxygens (including phenoxy) is 3. The van der Waals surface area contributed by atoms with Gasteiger partial charge in [-0.25, -0.2) is 0 Å². The summed E-state index contributed by atoms with van der Waals surface area (Å²) in [5, 5.41) is 0. The van der Waals surface area contributed by atoms with Gasteiger partial charge < -0.3 is 14.2 Å². The zero-order valence-electron chi connectivity index (χ0n) is 37.5. The highest BCUT2D eigenvalue weighted by molar-refractivity contribution is 5.71. The fraction of sp³-hybridized carbons (Fsp3) is 0.566. The summed E-state index contributed by atoms with van der Waals surface area (Å²) in [5.41, 5.74) is 0. The molecule has 0 rings (SSSR count). The van der Waals surface area contributed by atoms with E-state index in [2.05, 4.69) is 124 Å². The smallest absolute Gasteiger partial charge is 0.306 e. The molecule has 0 aliphatic carbocycles. The second-order valence-corrected chi connectivity index (χ2v) is 14.6. The molecule has 1 atom stereocenters. The van der Waals surface area contributed by atoms with Crippen LogP contribution in [0, 0.1) is 0 Å². The highest BCUT2D eigenvalue weighted by atomic mass is 16.6. The van der Waals surface area contributed by atoms with Crippen molar-refractivity contribution in [1.82, 2.24) is 0 Å². The Balaban J connectivity index is 4.54. The van der Waals surface area contributed by atoms with Gasteiger partial charge in [0.1, 0.15) is 13.2 Å². The molecule has 59 heavy (non-hydrogen) atoms. The molecule has 0 aromatic heterocycles. The second kappa shape index (κ2) is 46.5. The van der Waals surface area contributed by atoms with E-state index in [1.807, 2.05) is 18.2 Å². The molecule has 0 aliphatic heterocycles. The highest BCUT2D eigenvalue weighted by Gasteiger charge is 2.19. The molecule has 0 bridgehead atoms. The van der Waals surface area contributed by atoms with Gasteiger partial charge in [0.25, 0.3) is 0 Å². The lowest BCUT2D eigenvalue weighted by Gasteiger charge is -2.18. The van der Waals surface area contributed by atoms with Crippen LogP contribution in [0.4, 0.5) is 0 Å². The second-order valence-electron chi connectivity index (χ2n) is 14.6. The Labute approximate surface area is 361 Å². The van der Waals surface area contributed by atoms with Crippen molar-refractivity contribution < 1.29 is 28.6 Å². The van der Waals surface area contributed by atoms with Crippen LogP contribution in [-0.4, -0.2) is 37.2 Å². The maximum absolute atomic E-state index is 12.7. The number of rotatable bonds is 39. The number of carbonyl (C=O) groups excluding carboxylic acids is 3. The molecule has 0 aromatic rings. The van der Waals surface area contributed by atoms with Crippen LogP contribution in [0.1, 0.15) is 175 Å². The minimum Gasteiger partial charge on any atom is -0.462 e. The van der Waals surface area contributed by atoms with Gasteiger partial charge in [0.2, 0.25) is 0 Å². The first-order valence-electron chi connectivity index (χ1n) is 23.1. The monoisotopic (exact) mass is 815 g/mol. The summed E-state index contributed by atoms with van der Waals surface area (Å²) in [6, 6.07) is 0. The van der Waals surface area contributed by atoms with Crippen LogP contribution in [0.3, 0.4) is 0 Å². The van der Waals surface area contributed by atoms with E-state index in [-0.39, 0.29) is 50.4 Å². The lowest BCUT2D eigenvalue weighted by atomic mass is 10.1. The van der Waals surface area contributed by atoms with E-state index < -0.39 is 6.10 Å². The van der Waals surface area contributed by atoms with Crippen LogP contribution in [0.15, 0.2) is 122 Å². The van der Waals surface area contributed by atoms with Crippen LogP contribution in [0.25, 0.3) is 0 Å². The largest absolute Gasteiger partial charge is 0.462 e. The summed E-state index contributed by atoms with van der Waals surface area (Å²) in [6.45, 7) is 6.21. The van der Waals surface area contributed by atoms with Crippen LogP contribution in [-0.2, 0) is 28.6 Å². The molecular weight excluding hydrogens is 733 g/mol. The van der Waals surface area contributed by atoms with E-state index in [1.165, 1.54) is 25.7 Å². The number of allylic oxidation sites excluding steroid dienone is 20. The van der Waals surface area contributed by atoms with Crippen molar-refractivity contribution in [3.8, 4) is 0 Å². The summed E-state index contributed by atoms with van der Waals surface area (Å²) < 4.78 is 16.6. The SMILES string of the molecule is CC\C=C/C=C\C=C/CCCCCCCC(=O)OC(COC(=O)CC/C=C\C/C=C\C/C=C\C/C=C\C/C=C\C/C=C\CC)COC(=O)CCC/C=C\CCCCCC. The third-order valence-corrected chi connectivity index (χ3v) is 9.01. The minimum absolute atomic E-state index is 0.129. The highest BCUT2D eigenvalue weighted by Crippen LogP contribution is 2.11. The molecule has 6 nitrogen and oxygen atoms in total. The van der Waals surface area contributed by atoms with Crippen molar-refractivity contribution in [3.63, 3.8) is 0 Å². The third kappa shape index (κ3) is 44.8. The van der Waals surface area contributed by atoms with E-state index in [0.717, 1.165) is 96.3 Å². The molecule has 0 amide bonds. The predicted octanol–water partition coefficient (Wildman–Crippen LogP) is 15.0. The standard InChI is InChI=1S/C53H82O6/c1-4-7-10-13-16-19-21-23-24-25-26-27-28-30-31-34-37-40-43-46-52(55)58-49-50(48-57-51(54)45-42-39-36-33-18-15-12-9-6-3)59-53(56)47-44-41-38-35-32-29-22-20-17-14-11-8-5-2/h7-8,10-11,14,16-17,19-20,22-24,26-27,30-31,33,36-37,40,50H,4-6,9,12-13,15,18,21,25,28-29,32,34-35,38-39,41-49H2,1-3H3/b10-7-,11-8-,17-14-,19-16-,22-20-,24-23-,27-26-,31-30-,36-33-,40-37-. The minimum atomic E-state index is -0.831. The zero-order chi connectivity index (χ0) is 43.0. The fourth-order valence-electron chi connectivity index (χ4n) is 5.59. The van der Waals surface area contributed by atoms with Gasteiger partial charge in [-0.3, -0.25) is 14.4 Å². The summed E-state index contributed by atoms with van der Waals surface area (Å²) in [7, 11) is 0. The van der Waals surface area contributed by atoms with E-state index in [9.17, 15) is 14.4 Å². The van der Waals surface area contributed by atoms with Gasteiger partial charge in [-0.2, -0.15) is 0 Å². The summed E-state index contributed by atoms with van der Waals surface area (Å²) >= 11 is 0. The van der Waals surface area contributed by atoms with E-state index in [1.54, 1.807) is 0 Å². The lowest BCUT2D eigenvalue weighted by Crippen LogP contribution is -2.30. The molecule has 1 unspecified atom stereocenters. The first-order chi connectivity index (χ1) is 29.0. The summed E-state index contributed by atoms with van der Waals surface area (Å²) in [4.78, 5) is 37.7. The first-order valence-corrected chi connectivity index (χ1v) is 23.1. The molecule has 6 heteroatoms. The van der Waals surface area contributed by atoms with Gasteiger partial charge in [0.05, 0.1) is 0 Å². The Morgan fingerprint density at radius 1 is 0.373 bits per heavy atom. The molecule has 0 radical (unpaired) electrons. The molecule has 0 spiro atoms. The van der Waals surface area contributed by atoms with Gasteiger partial charge in [-0.15, -0.1) is 0 Å². The number of hydrogen-bond donors (Lipinski definition) is 0. The Hall–Kier alpha value is -4.19. The average Bonchev–Trinajstić information content (AvgIpc) is 3.23. The quantitative estimate of drug-likeness (QED) is 0.0202. The Kier molecular flexibility index (Phi) is 43.2. The average molecular weight is 815 g/mol. The van der Waals surface area contributed by atoms with Crippen molar-refractivity contribution in [2.45, 2.75) is 181 Å². The normalized spacial score (nSPS) is 13.2. The van der Waals surface area contributed by atoms with Gasteiger partial charge >= 0.3 is 17.9 Å². The Bertz CT molecular complexity index is 1300. The van der Waals surface area contributed by atoms with Gasteiger partial charge in [-0.05, 0) is 96.3 Å². The molecule has 0 fully saturated rings. The fourth-order valence-corrected chi connectivity index (χ4v) is 5.59. The lowest BCUT2D eigenvalue weighted by molar-refractivity contribution is -0.166. The van der Waals surface area contributed by atoms with Crippen molar-refractivity contribution in [2.24, 2.45) is 0 Å². The van der Waals surface area contributed by atoms with Gasteiger partial charge in [0, 0.05) is 19.3 Å². The van der Waals surface area contributed by atoms with Gasteiger partial charge in [0.15, 0.2) is 6.10 Å². The summed E-state index contributed by atoms with van der Waals surface area (Å²) in [6.07, 6.45) is 63.5. The van der Waals surface area contributed by atoms with Crippen molar-refractivity contribution in [2.75, 3.05) is 13.2 Å². The molecule has 0 saturated carbocycles. The number of esters is 3. The van der Waals surface area contributed by atoms with E-state index in [4.69, 9.17) is 14.2 Å². The van der Waals surface area contributed by atoms with E-state index >= 15 is 0 Å². The predicted molar refractivity (Wildman–Crippen MR) is 251 cm³/mol. The van der Waals surface area contributed by atoms with Crippen LogP contribution in [0.5, 0.6) is 0 Å². The Morgan fingerprint density at radius 3 is 1.37 bits per heavy atom. The van der Waals surface area contributed by atoms with Crippen molar-refractivity contribution in [1.29, 1.82) is 0 Å². The number of unbranched alkanes of at least 4 members (excludes halogenated alkanes) is 10. The van der Waals surface area contributed by atoms with Crippen LogP contribution < -0.4 is 0 Å². The molecule has 0 saturated heterocycles. The molecule has 0 aromatic carbocycles. The Morgan fingerprint density at radius 2 is 0.797 bits per heavy atom. The molecule has 0 heterocycles. The molecule has 0 N–H and O–H groups in total. The van der Waals surface area contributed by atoms with Crippen LogP contribution >= 0.6 is 0 Å². The molecular formula is C53H82O6. The zero-order valence-corrected chi connectivity index (χ0v) is 37.5.